The zero-order valence-corrected chi connectivity index (χ0v) is 24.4. The van der Waals surface area contributed by atoms with Crippen LogP contribution in [0.1, 0.15) is 70.7 Å². The average Bonchev–Trinajstić information content (AvgIpc) is 3.08. The fourth-order valence-electron chi connectivity index (χ4n) is 5.97. The molecule has 3 atom stereocenters. The van der Waals surface area contributed by atoms with Crippen molar-refractivity contribution in [1.29, 1.82) is 0 Å². The molecule has 0 spiro atoms. The molecule has 7 heteroatoms. The summed E-state index contributed by atoms with van der Waals surface area (Å²) >= 11 is 0. The first-order valence-electron chi connectivity index (χ1n) is 15.2. The maximum absolute atomic E-state index is 12.5. The topological polar surface area (TPSA) is 83.9 Å². The van der Waals surface area contributed by atoms with E-state index in [1.165, 1.54) is 19.3 Å². The molecule has 0 unspecified atom stereocenters. The van der Waals surface area contributed by atoms with E-state index >= 15 is 0 Å². The van der Waals surface area contributed by atoms with Crippen molar-refractivity contribution < 1.29 is 19.4 Å². The number of nitrogens with one attached hydrogen (secondary N) is 1. The summed E-state index contributed by atoms with van der Waals surface area (Å²) in [5.41, 5.74) is 6.65. The molecule has 0 radical (unpaired) electrons. The molecule has 0 saturated carbocycles. The fourth-order valence-corrected chi connectivity index (χ4v) is 5.97. The van der Waals surface area contributed by atoms with E-state index in [0.29, 0.717) is 12.1 Å². The number of rotatable bonds is 9. The summed E-state index contributed by atoms with van der Waals surface area (Å²) < 4.78 is 13.3. The highest BCUT2D eigenvalue weighted by Gasteiger charge is 2.33. The SMILES string of the molecule is O=C(NCc1cccc(-c2cccc([C@H]3O[C@@H](CN4CCCCC4)C[C@@H](c4ccc(CO)cc4)O3)c2)c1)c1cccnc1. The van der Waals surface area contributed by atoms with E-state index < -0.39 is 6.29 Å². The predicted octanol–water partition coefficient (Wildman–Crippen LogP) is 6.20. The standard InChI is InChI=1S/C36H39N3O4/c40-25-26-12-14-28(15-13-26)34-21-33(24-39-17-2-1-3-18-39)42-36(43-34)31-10-5-9-30(20-31)29-8-4-7-27(19-29)22-38-35(41)32-11-6-16-37-23-32/h4-16,19-20,23,33-34,36,40H,1-3,17-18,21-22,24-25H2,(H,38,41)/t33-,34+,36+/m1/s1. The Morgan fingerprint density at radius 3 is 2.42 bits per heavy atom. The third kappa shape index (κ3) is 7.56. The number of carbonyl (C=O) groups excluding carboxylic acids is 1. The minimum atomic E-state index is -0.493. The number of benzene rings is 3. The van der Waals surface area contributed by atoms with Gasteiger partial charge in [-0.2, -0.15) is 0 Å². The van der Waals surface area contributed by atoms with Crippen LogP contribution in [0.2, 0.25) is 0 Å². The van der Waals surface area contributed by atoms with Crippen molar-refractivity contribution in [3.05, 3.63) is 125 Å². The summed E-state index contributed by atoms with van der Waals surface area (Å²) in [4.78, 5) is 19.1. The van der Waals surface area contributed by atoms with E-state index in [-0.39, 0.29) is 24.7 Å². The van der Waals surface area contributed by atoms with Crippen molar-refractivity contribution in [2.45, 2.75) is 57.3 Å². The second kappa shape index (κ2) is 14.1. The van der Waals surface area contributed by atoms with Gasteiger partial charge in [0, 0.05) is 37.5 Å². The lowest BCUT2D eigenvalue weighted by molar-refractivity contribution is -0.253. The highest BCUT2D eigenvalue weighted by atomic mass is 16.7. The summed E-state index contributed by atoms with van der Waals surface area (Å²) in [6.07, 6.45) is 7.26. The second-order valence-corrected chi connectivity index (χ2v) is 11.5. The summed E-state index contributed by atoms with van der Waals surface area (Å²) in [7, 11) is 0. The average molecular weight is 578 g/mol. The maximum atomic E-state index is 12.5. The van der Waals surface area contributed by atoms with E-state index in [1.54, 1.807) is 24.5 Å². The van der Waals surface area contributed by atoms with Gasteiger partial charge in [0.25, 0.3) is 5.91 Å². The first-order chi connectivity index (χ1) is 21.1. The van der Waals surface area contributed by atoms with Crippen molar-refractivity contribution >= 4 is 5.91 Å². The molecule has 4 aromatic rings. The van der Waals surface area contributed by atoms with Crippen LogP contribution in [-0.4, -0.2) is 46.6 Å². The molecule has 3 aromatic carbocycles. The monoisotopic (exact) mass is 577 g/mol. The third-order valence-corrected chi connectivity index (χ3v) is 8.32. The number of aliphatic hydroxyl groups is 1. The molecule has 43 heavy (non-hydrogen) atoms. The van der Waals surface area contributed by atoms with E-state index in [1.807, 2.05) is 30.3 Å². The molecule has 1 aromatic heterocycles. The van der Waals surface area contributed by atoms with Crippen LogP contribution < -0.4 is 5.32 Å². The smallest absolute Gasteiger partial charge is 0.253 e. The van der Waals surface area contributed by atoms with Gasteiger partial charge in [-0.15, -0.1) is 0 Å². The second-order valence-electron chi connectivity index (χ2n) is 11.5. The van der Waals surface area contributed by atoms with Crippen molar-refractivity contribution in [2.75, 3.05) is 19.6 Å². The van der Waals surface area contributed by atoms with Gasteiger partial charge in [0.15, 0.2) is 6.29 Å². The number of pyridine rings is 1. The fraction of sp³-hybridized carbons (Fsp3) is 0.333. The molecule has 3 heterocycles. The van der Waals surface area contributed by atoms with Gasteiger partial charge in [0.05, 0.1) is 24.4 Å². The van der Waals surface area contributed by atoms with E-state index in [9.17, 15) is 9.90 Å². The molecule has 2 N–H and O–H groups in total. The molecule has 7 nitrogen and oxygen atoms in total. The van der Waals surface area contributed by atoms with Crippen LogP contribution in [0.4, 0.5) is 0 Å². The molecule has 2 aliphatic rings. The van der Waals surface area contributed by atoms with Crippen molar-refractivity contribution in [3.63, 3.8) is 0 Å². The van der Waals surface area contributed by atoms with Gasteiger partial charge in [0.2, 0.25) is 0 Å². The van der Waals surface area contributed by atoms with Crippen LogP contribution in [0.25, 0.3) is 11.1 Å². The minimum absolute atomic E-state index is 0.0278. The van der Waals surface area contributed by atoms with Gasteiger partial charge >= 0.3 is 0 Å². The van der Waals surface area contributed by atoms with E-state index in [0.717, 1.165) is 59.4 Å². The van der Waals surface area contributed by atoms with Gasteiger partial charge in [0.1, 0.15) is 0 Å². The maximum Gasteiger partial charge on any atom is 0.253 e. The van der Waals surface area contributed by atoms with E-state index in [4.69, 9.17) is 9.47 Å². The number of hydrogen-bond donors (Lipinski definition) is 2. The van der Waals surface area contributed by atoms with Crippen LogP contribution in [-0.2, 0) is 22.6 Å². The summed E-state index contributed by atoms with van der Waals surface area (Å²) in [6, 6.07) is 28.2. The number of piperidine rings is 1. The van der Waals surface area contributed by atoms with Gasteiger partial charge in [-0.25, -0.2) is 0 Å². The summed E-state index contributed by atoms with van der Waals surface area (Å²) in [6.45, 7) is 3.59. The van der Waals surface area contributed by atoms with Gasteiger partial charge in [-0.1, -0.05) is 67.1 Å². The Bertz CT molecular complexity index is 1490. The molecular formula is C36H39N3O4. The quantitative estimate of drug-likeness (QED) is 0.246. The summed E-state index contributed by atoms with van der Waals surface area (Å²) in [5.74, 6) is -0.147. The number of aromatic nitrogens is 1. The lowest BCUT2D eigenvalue weighted by Crippen LogP contribution is -2.41. The normalized spacial score (nSPS) is 20.9. The zero-order valence-electron chi connectivity index (χ0n) is 24.4. The van der Waals surface area contributed by atoms with Crippen LogP contribution in [0.15, 0.2) is 97.3 Å². The molecule has 2 aliphatic heterocycles. The number of nitrogens with zero attached hydrogens (tertiary/aromatic N) is 2. The van der Waals surface area contributed by atoms with Crippen LogP contribution in [0.5, 0.6) is 0 Å². The van der Waals surface area contributed by atoms with Crippen LogP contribution >= 0.6 is 0 Å². The number of aliphatic hydroxyl groups excluding tert-OH is 1. The molecule has 2 saturated heterocycles. The van der Waals surface area contributed by atoms with Crippen molar-refractivity contribution in [1.82, 2.24) is 15.2 Å². The van der Waals surface area contributed by atoms with Gasteiger partial charge < -0.3 is 24.8 Å². The molecule has 6 rings (SSSR count). The molecule has 2 fully saturated rings. The Hall–Kier alpha value is -3.88. The highest BCUT2D eigenvalue weighted by Crippen LogP contribution is 2.39. The third-order valence-electron chi connectivity index (χ3n) is 8.32. The number of carbonyl (C=O) groups is 1. The zero-order chi connectivity index (χ0) is 29.4. The Kier molecular flexibility index (Phi) is 9.55. The Balaban J connectivity index is 1.19. The van der Waals surface area contributed by atoms with Crippen LogP contribution in [0.3, 0.4) is 0 Å². The minimum Gasteiger partial charge on any atom is -0.392 e. The lowest BCUT2D eigenvalue weighted by Gasteiger charge is -2.39. The number of likely N-dealkylation sites (tertiary alicyclic amines) is 1. The van der Waals surface area contributed by atoms with Crippen molar-refractivity contribution in [3.8, 4) is 11.1 Å². The van der Waals surface area contributed by atoms with Gasteiger partial charge in [-0.3, -0.25) is 9.78 Å². The Morgan fingerprint density at radius 1 is 0.860 bits per heavy atom. The Labute approximate surface area is 253 Å². The van der Waals surface area contributed by atoms with Crippen LogP contribution in [0, 0.1) is 0 Å². The molecular weight excluding hydrogens is 538 g/mol. The largest absolute Gasteiger partial charge is 0.392 e. The highest BCUT2D eigenvalue weighted by molar-refractivity contribution is 5.93. The van der Waals surface area contributed by atoms with Gasteiger partial charge in [-0.05, 0) is 78.0 Å². The predicted molar refractivity (Wildman–Crippen MR) is 166 cm³/mol. The lowest BCUT2D eigenvalue weighted by atomic mass is 9.98. The number of amides is 1. The van der Waals surface area contributed by atoms with Crippen molar-refractivity contribution in [2.24, 2.45) is 0 Å². The number of ether oxygens (including phenoxy) is 2. The summed E-state index contributed by atoms with van der Waals surface area (Å²) in [5, 5.41) is 12.5. The first-order valence-corrected chi connectivity index (χ1v) is 15.2. The Morgan fingerprint density at radius 2 is 1.65 bits per heavy atom. The first kappa shape index (κ1) is 29.2. The van der Waals surface area contributed by atoms with E-state index in [2.05, 4.69) is 57.7 Å². The molecule has 222 valence electrons. The molecule has 1 amide bonds. The molecule has 0 aliphatic carbocycles. The number of hydrogen-bond acceptors (Lipinski definition) is 6. The molecule has 0 bridgehead atoms.